The summed E-state index contributed by atoms with van der Waals surface area (Å²) in [5.74, 6) is -0.277. The van der Waals surface area contributed by atoms with Crippen molar-refractivity contribution in [3.05, 3.63) is 60.8 Å². The highest BCUT2D eigenvalue weighted by atomic mass is 16.8. The van der Waals surface area contributed by atoms with Gasteiger partial charge < -0.3 is 89.9 Å². The summed E-state index contributed by atoms with van der Waals surface area (Å²) in [6, 6.07) is -0.978. The molecule has 12 N–H and O–H groups in total. The van der Waals surface area contributed by atoms with E-state index < -0.39 is 124 Å². The number of nitrogens with one attached hydrogen (secondary N) is 1. The summed E-state index contributed by atoms with van der Waals surface area (Å²) in [7, 11) is 0. The van der Waals surface area contributed by atoms with Crippen LogP contribution in [0.25, 0.3) is 0 Å². The number of allylic oxidation sites excluding steroid dienone is 9. The predicted octanol–water partition coefficient (Wildman–Crippen LogP) is 10.7. The predicted molar refractivity (Wildman–Crippen MR) is 365 cm³/mol. The molecule has 19 nitrogen and oxygen atoms in total. The van der Waals surface area contributed by atoms with Gasteiger partial charge in [0.15, 0.2) is 18.9 Å². The summed E-state index contributed by atoms with van der Waals surface area (Å²) in [5.41, 5.74) is 0. The quantitative estimate of drug-likeness (QED) is 0.0199. The molecule has 3 saturated heterocycles. The summed E-state index contributed by atoms with van der Waals surface area (Å²) >= 11 is 0. The number of hydrogen-bond donors (Lipinski definition) is 12. The number of amides is 1. The van der Waals surface area contributed by atoms with Crippen molar-refractivity contribution in [2.24, 2.45) is 0 Å². The zero-order valence-corrected chi connectivity index (χ0v) is 57.5. The molecule has 1 amide bonds. The van der Waals surface area contributed by atoms with Crippen molar-refractivity contribution in [1.29, 1.82) is 0 Å². The van der Waals surface area contributed by atoms with Crippen molar-refractivity contribution in [3.8, 4) is 0 Å². The second-order valence-corrected chi connectivity index (χ2v) is 26.4. The van der Waals surface area contributed by atoms with Crippen LogP contribution in [0, 0.1) is 0 Å². The largest absolute Gasteiger partial charge is 0.394 e. The number of carbonyl (C=O) groups excluding carboxylic acids is 1. The van der Waals surface area contributed by atoms with Gasteiger partial charge in [0.05, 0.1) is 38.6 Å². The number of aliphatic hydroxyl groups excluding tert-OH is 11. The average Bonchev–Trinajstić information content (AvgIpc) is 0.819. The molecule has 0 aromatic heterocycles. The number of unbranched alkanes of at least 4 members (excludes halogenated alkanes) is 33. The summed E-state index contributed by atoms with van der Waals surface area (Å²) < 4.78 is 34.4. The van der Waals surface area contributed by atoms with E-state index in [1.807, 2.05) is 6.08 Å². The monoisotopic (exact) mass is 1320 g/mol. The van der Waals surface area contributed by atoms with Gasteiger partial charge in [-0.15, -0.1) is 0 Å². The maximum absolute atomic E-state index is 13.4. The summed E-state index contributed by atoms with van der Waals surface area (Å²) in [5, 5.41) is 121. The lowest BCUT2D eigenvalue weighted by Gasteiger charge is -2.48. The Labute approximate surface area is 560 Å². The molecule has 0 spiro atoms. The number of aliphatic hydroxyl groups is 11. The SMILES string of the molecule is CC/C=C\C/C=C\C/C=C\C/C=C\CCCCCCCCCCCCCCC(=O)NC(COC1OC(CO)C(OC2OC(CO)C(OC3OC(CO)C(O)C(O)C3O)C(O)C2O)C(O)C1O)C(O)/C=C/CCCCCCCCCCCCCCCCCCCCCCC. The van der Waals surface area contributed by atoms with Crippen LogP contribution in [0.15, 0.2) is 60.8 Å². The van der Waals surface area contributed by atoms with Gasteiger partial charge in [0.1, 0.15) is 73.2 Å². The third-order valence-corrected chi connectivity index (χ3v) is 18.3. The van der Waals surface area contributed by atoms with Crippen LogP contribution in [0.1, 0.15) is 271 Å². The average molecular weight is 1320 g/mol. The van der Waals surface area contributed by atoms with Crippen molar-refractivity contribution >= 4 is 5.91 Å². The summed E-state index contributed by atoms with van der Waals surface area (Å²) in [6.07, 6.45) is 41.9. The molecule has 93 heavy (non-hydrogen) atoms. The first-order chi connectivity index (χ1) is 45.3. The Morgan fingerprint density at radius 1 is 0.398 bits per heavy atom. The first kappa shape index (κ1) is 84.7. The molecule has 542 valence electrons. The van der Waals surface area contributed by atoms with Crippen LogP contribution in [0.4, 0.5) is 0 Å². The molecule has 17 unspecified atom stereocenters. The van der Waals surface area contributed by atoms with Crippen LogP contribution in [0.5, 0.6) is 0 Å². The van der Waals surface area contributed by atoms with E-state index >= 15 is 0 Å². The fraction of sp³-hybridized carbons (Fsp3) is 0.851. The third-order valence-electron chi connectivity index (χ3n) is 18.3. The molecule has 0 bridgehead atoms. The Morgan fingerprint density at radius 3 is 1.16 bits per heavy atom. The molecule has 0 radical (unpaired) electrons. The maximum atomic E-state index is 13.4. The fourth-order valence-corrected chi connectivity index (χ4v) is 12.4. The van der Waals surface area contributed by atoms with Gasteiger partial charge in [-0.25, -0.2) is 0 Å². The number of rotatable bonds is 57. The number of hydrogen-bond acceptors (Lipinski definition) is 18. The minimum absolute atomic E-state index is 0.239. The Bertz CT molecular complexity index is 1920. The van der Waals surface area contributed by atoms with E-state index in [1.165, 1.54) is 167 Å². The Balaban J connectivity index is 1.42. The second-order valence-electron chi connectivity index (χ2n) is 26.4. The van der Waals surface area contributed by atoms with Gasteiger partial charge in [0.2, 0.25) is 5.91 Å². The molecule has 3 aliphatic rings. The first-order valence-corrected chi connectivity index (χ1v) is 37.0. The van der Waals surface area contributed by atoms with E-state index in [4.69, 9.17) is 28.4 Å². The highest BCUT2D eigenvalue weighted by Crippen LogP contribution is 2.33. The zero-order chi connectivity index (χ0) is 67.5. The lowest BCUT2D eigenvalue weighted by Crippen LogP contribution is -2.66. The van der Waals surface area contributed by atoms with E-state index in [0.717, 1.165) is 77.0 Å². The van der Waals surface area contributed by atoms with Crippen LogP contribution in [0.3, 0.4) is 0 Å². The molecule has 3 rings (SSSR count). The van der Waals surface area contributed by atoms with Gasteiger partial charge in [-0.05, 0) is 57.8 Å². The molecule has 3 aliphatic heterocycles. The first-order valence-electron chi connectivity index (χ1n) is 37.0. The van der Waals surface area contributed by atoms with E-state index in [9.17, 15) is 61.0 Å². The van der Waals surface area contributed by atoms with E-state index in [-0.39, 0.29) is 18.9 Å². The Kier molecular flexibility index (Phi) is 50.4. The van der Waals surface area contributed by atoms with Gasteiger partial charge in [0, 0.05) is 6.42 Å². The van der Waals surface area contributed by atoms with Crippen molar-refractivity contribution in [2.75, 3.05) is 26.4 Å². The lowest BCUT2D eigenvalue weighted by molar-refractivity contribution is -0.379. The minimum Gasteiger partial charge on any atom is -0.394 e. The Hall–Kier alpha value is -2.51. The zero-order valence-electron chi connectivity index (χ0n) is 57.5. The van der Waals surface area contributed by atoms with Crippen molar-refractivity contribution in [2.45, 2.75) is 375 Å². The van der Waals surface area contributed by atoms with Gasteiger partial charge in [-0.3, -0.25) is 4.79 Å². The highest BCUT2D eigenvalue weighted by Gasteiger charge is 2.53. The smallest absolute Gasteiger partial charge is 0.220 e. The summed E-state index contributed by atoms with van der Waals surface area (Å²) in [4.78, 5) is 13.4. The molecular weight excluding hydrogens is 1190 g/mol. The summed E-state index contributed by atoms with van der Waals surface area (Å²) in [6.45, 7) is 1.65. The van der Waals surface area contributed by atoms with Gasteiger partial charge in [-0.1, -0.05) is 267 Å². The third kappa shape index (κ3) is 36.8. The Morgan fingerprint density at radius 2 is 0.742 bits per heavy atom. The number of ether oxygens (including phenoxy) is 6. The molecule has 19 heteroatoms. The van der Waals surface area contributed by atoms with Crippen LogP contribution in [-0.4, -0.2) is 193 Å². The highest BCUT2D eigenvalue weighted by molar-refractivity contribution is 5.76. The van der Waals surface area contributed by atoms with E-state index in [0.29, 0.717) is 6.42 Å². The molecule has 0 saturated carbocycles. The molecule has 0 aliphatic carbocycles. The molecule has 3 fully saturated rings. The molecule has 17 atom stereocenters. The minimum atomic E-state index is -1.98. The van der Waals surface area contributed by atoms with Crippen LogP contribution < -0.4 is 5.32 Å². The standard InChI is InChI=1S/C74H133NO18/c1-3-5-7-9-11-13-15-17-19-21-23-25-27-28-30-32-34-36-38-40-42-44-46-48-50-52-62(80)75-57(58(79)51-49-47-45-43-41-39-37-35-33-31-29-26-24-22-20-18-16-14-12-10-8-6-4-2)56-88-72-68(86)65(83)70(60(54-77)90-72)93-74-69(87)66(84)71(61(55-78)91-74)92-73-67(85)64(82)63(81)59(53-76)89-73/h5,7,11,13,17,19,23,25,49,51,57-61,63-74,76-79,81-87H,3-4,6,8-10,12,14-16,18,20-22,24,26-48,50,52-56H2,1-2H3,(H,75,80)/b7-5-,13-11-,19-17-,25-23-,51-49+. The van der Waals surface area contributed by atoms with Crippen LogP contribution >= 0.6 is 0 Å². The number of carbonyl (C=O) groups is 1. The van der Waals surface area contributed by atoms with Gasteiger partial charge in [0.25, 0.3) is 0 Å². The van der Waals surface area contributed by atoms with Crippen LogP contribution in [0.2, 0.25) is 0 Å². The molecular formula is C74H133NO18. The normalized spacial score (nSPS) is 27.9. The van der Waals surface area contributed by atoms with Gasteiger partial charge in [-0.2, -0.15) is 0 Å². The molecule has 0 aromatic rings. The van der Waals surface area contributed by atoms with E-state index in [1.54, 1.807) is 6.08 Å². The van der Waals surface area contributed by atoms with Crippen molar-refractivity contribution in [1.82, 2.24) is 5.32 Å². The van der Waals surface area contributed by atoms with Crippen molar-refractivity contribution < 1.29 is 89.4 Å². The maximum Gasteiger partial charge on any atom is 0.220 e. The molecule has 0 aromatic carbocycles. The molecule has 3 heterocycles. The van der Waals surface area contributed by atoms with E-state index in [2.05, 4.69) is 67.8 Å². The fourth-order valence-electron chi connectivity index (χ4n) is 12.4. The van der Waals surface area contributed by atoms with Crippen LogP contribution in [-0.2, 0) is 33.2 Å². The van der Waals surface area contributed by atoms with Crippen molar-refractivity contribution in [3.63, 3.8) is 0 Å². The topological polar surface area (TPSA) is 307 Å². The lowest BCUT2D eigenvalue weighted by atomic mass is 9.96. The second kappa shape index (κ2) is 55.4. The van der Waals surface area contributed by atoms with Gasteiger partial charge >= 0.3 is 0 Å².